The Morgan fingerprint density at radius 3 is 1.38 bits per heavy atom. The van der Waals surface area contributed by atoms with Crippen molar-refractivity contribution in [1.29, 1.82) is 0 Å². The van der Waals surface area contributed by atoms with E-state index in [1.54, 1.807) is 0 Å². The van der Waals surface area contributed by atoms with Crippen molar-refractivity contribution in [1.82, 2.24) is 0 Å². The van der Waals surface area contributed by atoms with Crippen LogP contribution in [0.5, 0.6) is 0 Å². The molecule has 0 aromatic heterocycles. The van der Waals surface area contributed by atoms with Crippen molar-refractivity contribution in [2.45, 2.75) is 71.0 Å². The van der Waals surface area contributed by atoms with E-state index in [-0.39, 0.29) is 0 Å². The average molecular weight is 384 g/mol. The fourth-order valence-electron chi connectivity index (χ4n) is 2.94. The summed E-state index contributed by atoms with van der Waals surface area (Å²) in [6, 6.07) is 1.43. The maximum atomic E-state index is 12.1. The van der Waals surface area contributed by atoms with Gasteiger partial charge in [0.25, 0.3) is 0 Å². The summed E-state index contributed by atoms with van der Waals surface area (Å²) in [6.07, 6.45) is 0. The Kier molecular flexibility index (Phi) is 5.76. The number of hydrogen-bond acceptors (Lipinski definition) is 4. The van der Waals surface area contributed by atoms with Gasteiger partial charge in [0, 0.05) is 0 Å². The highest BCUT2D eigenvalue weighted by Gasteiger charge is 2.52. The Morgan fingerprint density at radius 1 is 0.714 bits per heavy atom. The first-order valence-corrected chi connectivity index (χ1v) is 21.6. The molecule has 5 nitrogen and oxygen atoms in total. The van der Waals surface area contributed by atoms with Gasteiger partial charge in [-0.15, -0.1) is 0 Å². The number of rotatable bonds is 3. The van der Waals surface area contributed by atoms with Crippen LogP contribution in [-0.2, 0) is 21.3 Å². The molecule has 1 aliphatic rings. The van der Waals surface area contributed by atoms with E-state index in [0.717, 1.165) is 6.04 Å². The minimum Gasteiger partial charge on any atom is -0.416 e. The average Bonchev–Trinajstić information content (AvgIpc) is 2.04. The molecule has 0 bridgehead atoms. The quantitative estimate of drug-likeness (QED) is 0.694. The monoisotopic (exact) mass is 383 g/mol. The van der Waals surface area contributed by atoms with Crippen LogP contribution in [0.15, 0.2) is 0 Å². The SMILES string of the molecule is C[Si](C)([O])CC[Si]1(C)O[Si](C)(C)O[Si](C)(C)O[Si](C)(C)O1. The molecule has 1 heterocycles. The van der Waals surface area contributed by atoms with Crippen molar-refractivity contribution in [2.24, 2.45) is 0 Å². The highest BCUT2D eigenvalue weighted by atomic mass is 28.5. The van der Waals surface area contributed by atoms with Gasteiger partial charge in [0.15, 0.2) is 0 Å². The maximum Gasteiger partial charge on any atom is 0.317 e. The summed E-state index contributed by atoms with van der Waals surface area (Å²) in [4.78, 5) is 12.1. The van der Waals surface area contributed by atoms with Gasteiger partial charge in [-0.3, -0.25) is 4.80 Å². The summed E-state index contributed by atoms with van der Waals surface area (Å²) in [5.74, 6) is 0. The van der Waals surface area contributed by atoms with Crippen LogP contribution < -0.4 is 0 Å². The molecule has 0 saturated carbocycles. The lowest BCUT2D eigenvalue weighted by Gasteiger charge is -2.47. The Morgan fingerprint density at radius 2 is 1.05 bits per heavy atom. The summed E-state index contributed by atoms with van der Waals surface area (Å²) in [5.41, 5.74) is 0. The van der Waals surface area contributed by atoms with Crippen molar-refractivity contribution in [3.8, 4) is 0 Å². The van der Waals surface area contributed by atoms with Crippen molar-refractivity contribution >= 4 is 42.6 Å². The van der Waals surface area contributed by atoms with Gasteiger partial charge in [0.2, 0.25) is 8.32 Å². The van der Waals surface area contributed by atoms with E-state index in [2.05, 4.69) is 45.8 Å². The molecule has 1 saturated heterocycles. The first-order chi connectivity index (χ1) is 9.04. The highest BCUT2D eigenvalue weighted by molar-refractivity contribution is 6.93. The largest absolute Gasteiger partial charge is 0.416 e. The van der Waals surface area contributed by atoms with Crippen LogP contribution in [0.3, 0.4) is 0 Å². The molecule has 0 unspecified atom stereocenters. The van der Waals surface area contributed by atoms with Gasteiger partial charge >= 0.3 is 34.2 Å². The summed E-state index contributed by atoms with van der Waals surface area (Å²) in [6.45, 7) is 18.1. The predicted molar refractivity (Wildman–Crippen MR) is 96.2 cm³/mol. The molecule has 1 radical (unpaired) electrons. The van der Waals surface area contributed by atoms with E-state index < -0.39 is 42.6 Å². The lowest BCUT2D eigenvalue weighted by atomic mass is 10.9. The van der Waals surface area contributed by atoms with E-state index in [0.29, 0.717) is 6.04 Å². The smallest absolute Gasteiger partial charge is 0.317 e. The Labute approximate surface area is 135 Å². The molecule has 0 aromatic rings. The second kappa shape index (κ2) is 6.07. The molecule has 1 rings (SSSR count). The Bertz CT molecular complexity index is 358. The molecule has 1 aliphatic heterocycles. The van der Waals surface area contributed by atoms with Crippen LogP contribution in [0.4, 0.5) is 0 Å². The molecule has 0 spiro atoms. The topological polar surface area (TPSA) is 56.8 Å². The molecule has 21 heavy (non-hydrogen) atoms. The Hall–Kier alpha value is 0.884. The number of hydrogen-bond donors (Lipinski definition) is 0. The van der Waals surface area contributed by atoms with Crippen molar-refractivity contribution in [2.75, 3.05) is 0 Å². The summed E-state index contributed by atoms with van der Waals surface area (Å²) >= 11 is 0. The van der Waals surface area contributed by atoms with E-state index >= 15 is 0 Å². The summed E-state index contributed by atoms with van der Waals surface area (Å²) in [7, 11) is -11.6. The minimum absolute atomic E-state index is 0.686. The summed E-state index contributed by atoms with van der Waals surface area (Å²) in [5, 5.41) is 0. The van der Waals surface area contributed by atoms with Crippen LogP contribution in [0.1, 0.15) is 0 Å². The van der Waals surface area contributed by atoms with Gasteiger partial charge in [0.1, 0.15) is 0 Å². The molecule has 0 amide bonds. The van der Waals surface area contributed by atoms with Crippen LogP contribution in [-0.4, -0.2) is 42.6 Å². The third-order valence-electron chi connectivity index (χ3n) is 3.09. The second-order valence-corrected chi connectivity index (χ2v) is 26.5. The molecular weight excluding hydrogens is 353 g/mol. The van der Waals surface area contributed by atoms with Gasteiger partial charge in [0.05, 0.1) is 0 Å². The third kappa shape index (κ3) is 7.33. The standard InChI is InChI=1S/C11H31O5Si5/c1-17(2,12)10-11-21(9)15-19(5,6)13-18(3,4)14-20(7,8)16-21/h10-11H2,1-9H3. The first-order valence-electron chi connectivity index (χ1n) is 7.54. The highest BCUT2D eigenvalue weighted by Crippen LogP contribution is 2.33. The van der Waals surface area contributed by atoms with Crippen molar-refractivity contribution in [3.05, 3.63) is 0 Å². The third-order valence-corrected chi connectivity index (χ3v) is 21.5. The van der Waals surface area contributed by atoms with Crippen LogP contribution in [0, 0.1) is 0 Å². The lowest BCUT2D eigenvalue weighted by Crippen LogP contribution is -2.65. The zero-order chi connectivity index (χ0) is 16.7. The van der Waals surface area contributed by atoms with Crippen LogP contribution in [0.25, 0.3) is 0 Å². The van der Waals surface area contributed by atoms with Gasteiger partial charge in [-0.25, -0.2) is 0 Å². The van der Waals surface area contributed by atoms with Gasteiger partial charge in [-0.1, -0.05) is 0 Å². The van der Waals surface area contributed by atoms with Crippen molar-refractivity contribution in [3.63, 3.8) is 0 Å². The maximum absolute atomic E-state index is 12.1. The van der Waals surface area contributed by atoms with Gasteiger partial charge in [-0.2, -0.15) is 0 Å². The van der Waals surface area contributed by atoms with E-state index in [4.69, 9.17) is 16.5 Å². The molecule has 0 aliphatic carbocycles. The molecular formula is C11H31O5Si5. The zero-order valence-electron chi connectivity index (χ0n) is 15.0. The Balaban J connectivity index is 2.98. The van der Waals surface area contributed by atoms with Gasteiger partial charge < -0.3 is 16.5 Å². The van der Waals surface area contributed by atoms with Crippen LogP contribution in [0.2, 0.25) is 71.0 Å². The predicted octanol–water partition coefficient (Wildman–Crippen LogP) is 3.88. The van der Waals surface area contributed by atoms with Crippen LogP contribution >= 0.6 is 0 Å². The zero-order valence-corrected chi connectivity index (χ0v) is 20.0. The van der Waals surface area contributed by atoms with E-state index in [9.17, 15) is 4.80 Å². The van der Waals surface area contributed by atoms with Crippen molar-refractivity contribution < 1.29 is 21.3 Å². The minimum atomic E-state index is -2.43. The lowest BCUT2D eigenvalue weighted by molar-refractivity contribution is 0.234. The van der Waals surface area contributed by atoms with Gasteiger partial charge in [-0.05, 0) is 71.0 Å². The fraction of sp³-hybridized carbons (Fsp3) is 1.00. The normalized spacial score (nSPS) is 27.7. The molecule has 0 atom stereocenters. The fourth-order valence-corrected chi connectivity index (χ4v) is 27.9. The van der Waals surface area contributed by atoms with E-state index in [1.165, 1.54) is 0 Å². The first kappa shape index (κ1) is 19.9. The van der Waals surface area contributed by atoms with E-state index in [1.807, 2.05) is 13.1 Å². The molecule has 10 heteroatoms. The molecule has 1 fully saturated rings. The molecule has 0 N–H and O–H groups in total. The molecule has 0 aromatic carbocycles. The second-order valence-electron chi connectivity index (χ2n) is 8.00. The summed E-state index contributed by atoms with van der Waals surface area (Å²) < 4.78 is 25.4. The molecule has 125 valence electrons.